The van der Waals surface area contributed by atoms with Crippen LogP contribution in [-0.2, 0) is 10.0 Å². The second-order valence-electron chi connectivity index (χ2n) is 6.54. The van der Waals surface area contributed by atoms with Crippen molar-refractivity contribution in [1.29, 1.82) is 0 Å². The molecule has 130 valence electrons. The Labute approximate surface area is 142 Å². The normalized spacial score (nSPS) is 26.4. The molecule has 1 aliphatic carbocycles. The number of hydrogen-bond acceptors (Lipinski definition) is 4. The van der Waals surface area contributed by atoms with Crippen LogP contribution in [0.25, 0.3) is 0 Å². The minimum absolute atomic E-state index is 0.0892. The van der Waals surface area contributed by atoms with Gasteiger partial charge >= 0.3 is 0 Å². The monoisotopic (exact) mass is 349 g/mol. The molecule has 7 heteroatoms. The molecule has 2 aliphatic rings. The van der Waals surface area contributed by atoms with Crippen LogP contribution in [0.15, 0.2) is 41.8 Å². The van der Waals surface area contributed by atoms with E-state index < -0.39 is 10.0 Å². The van der Waals surface area contributed by atoms with Gasteiger partial charge in [-0.05, 0) is 42.9 Å². The van der Waals surface area contributed by atoms with Crippen molar-refractivity contribution < 1.29 is 13.2 Å². The molecular weight excluding hydrogens is 326 g/mol. The minimum Gasteiger partial charge on any atom is -0.338 e. The highest BCUT2D eigenvalue weighted by Gasteiger charge is 2.42. The van der Waals surface area contributed by atoms with Gasteiger partial charge in [-0.3, -0.25) is 4.79 Å². The van der Waals surface area contributed by atoms with E-state index in [1.807, 2.05) is 0 Å². The van der Waals surface area contributed by atoms with E-state index in [1.165, 1.54) is 18.2 Å². The number of carbonyl (C=O) groups excluding carboxylic acids is 1. The van der Waals surface area contributed by atoms with Crippen molar-refractivity contribution in [2.45, 2.75) is 23.8 Å². The van der Waals surface area contributed by atoms with Crippen molar-refractivity contribution in [2.75, 3.05) is 19.6 Å². The molecule has 3 unspecified atom stereocenters. The molecule has 1 amide bonds. The lowest BCUT2D eigenvalue weighted by molar-refractivity contribution is 0.0779. The zero-order valence-electron chi connectivity index (χ0n) is 13.5. The molecule has 1 saturated heterocycles. The molecule has 1 aromatic rings. The lowest BCUT2D eigenvalue weighted by Gasteiger charge is -2.19. The van der Waals surface area contributed by atoms with Crippen LogP contribution < -0.4 is 10.5 Å². The number of nitrogens with one attached hydrogen (secondary N) is 1. The molecule has 0 bridgehead atoms. The van der Waals surface area contributed by atoms with Gasteiger partial charge in [0.1, 0.15) is 0 Å². The van der Waals surface area contributed by atoms with Gasteiger partial charge in [0.15, 0.2) is 0 Å². The average molecular weight is 349 g/mol. The Kier molecular flexibility index (Phi) is 4.76. The van der Waals surface area contributed by atoms with Crippen molar-refractivity contribution in [3.05, 3.63) is 42.5 Å². The van der Waals surface area contributed by atoms with E-state index >= 15 is 0 Å². The largest absolute Gasteiger partial charge is 0.338 e. The van der Waals surface area contributed by atoms with E-state index in [0.717, 1.165) is 12.8 Å². The summed E-state index contributed by atoms with van der Waals surface area (Å²) in [7, 11) is -3.64. The summed E-state index contributed by atoms with van der Waals surface area (Å²) in [6.07, 6.45) is 3.56. The Morgan fingerprint density at radius 2 is 2.17 bits per heavy atom. The summed E-state index contributed by atoms with van der Waals surface area (Å²) in [5.74, 6) is 0.720. The third kappa shape index (κ3) is 3.24. The smallest absolute Gasteiger partial charge is 0.253 e. The summed E-state index contributed by atoms with van der Waals surface area (Å²) >= 11 is 0. The van der Waals surface area contributed by atoms with Gasteiger partial charge in [-0.2, -0.15) is 0 Å². The molecule has 0 radical (unpaired) electrons. The summed E-state index contributed by atoms with van der Waals surface area (Å²) in [6, 6.07) is 6.34. The molecule has 1 aliphatic heterocycles. The van der Waals surface area contributed by atoms with Gasteiger partial charge in [-0.25, -0.2) is 13.1 Å². The molecule has 3 rings (SSSR count). The highest BCUT2D eigenvalue weighted by atomic mass is 32.2. The lowest BCUT2D eigenvalue weighted by atomic mass is 9.98. The number of nitrogens with two attached hydrogens (primary N) is 1. The molecule has 1 heterocycles. The Hall–Kier alpha value is -1.70. The van der Waals surface area contributed by atoms with Gasteiger partial charge in [0.05, 0.1) is 4.90 Å². The van der Waals surface area contributed by atoms with Crippen LogP contribution in [0.2, 0.25) is 0 Å². The number of rotatable bonds is 5. The number of sulfonamides is 1. The molecule has 1 aromatic carbocycles. The first-order valence-corrected chi connectivity index (χ1v) is 9.66. The quantitative estimate of drug-likeness (QED) is 0.775. The van der Waals surface area contributed by atoms with Crippen molar-refractivity contribution >= 4 is 15.9 Å². The van der Waals surface area contributed by atoms with Gasteiger partial charge in [-0.15, -0.1) is 6.58 Å². The standard InChI is InChI=1S/C17H23N3O3S/c1-2-8-19-24(22,23)14-5-3-4-12(9-14)17(21)20-10-13-6-7-16(18)15(13)11-20/h2-5,9,13,15-16,19H,1,6-8,10-11,18H2. The summed E-state index contributed by atoms with van der Waals surface area (Å²) in [5, 5.41) is 0. The first-order valence-electron chi connectivity index (χ1n) is 8.18. The van der Waals surface area contributed by atoms with Crippen LogP contribution in [-0.4, -0.2) is 44.9 Å². The topological polar surface area (TPSA) is 92.5 Å². The maximum atomic E-state index is 12.7. The predicted octanol–water partition coefficient (Wildman–Crippen LogP) is 0.960. The Morgan fingerprint density at radius 3 is 2.88 bits per heavy atom. The van der Waals surface area contributed by atoms with E-state index in [0.29, 0.717) is 30.5 Å². The summed E-state index contributed by atoms with van der Waals surface area (Å²) in [4.78, 5) is 14.6. The number of nitrogens with zero attached hydrogens (tertiary/aromatic N) is 1. The van der Waals surface area contributed by atoms with Crippen molar-refractivity contribution in [2.24, 2.45) is 17.6 Å². The lowest BCUT2D eigenvalue weighted by Crippen LogP contribution is -2.33. The van der Waals surface area contributed by atoms with Crippen LogP contribution in [0.4, 0.5) is 0 Å². The van der Waals surface area contributed by atoms with Crippen molar-refractivity contribution in [1.82, 2.24) is 9.62 Å². The second-order valence-corrected chi connectivity index (χ2v) is 8.31. The molecule has 3 atom stereocenters. The maximum absolute atomic E-state index is 12.7. The molecular formula is C17H23N3O3S. The predicted molar refractivity (Wildman–Crippen MR) is 91.9 cm³/mol. The van der Waals surface area contributed by atoms with Crippen LogP contribution in [0.1, 0.15) is 23.2 Å². The minimum atomic E-state index is -3.64. The number of hydrogen-bond donors (Lipinski definition) is 2. The number of fused-ring (bicyclic) bond motifs is 1. The number of likely N-dealkylation sites (tertiary alicyclic amines) is 1. The van der Waals surface area contributed by atoms with Crippen LogP contribution >= 0.6 is 0 Å². The third-order valence-electron chi connectivity index (χ3n) is 5.01. The van der Waals surface area contributed by atoms with Gasteiger partial charge in [-0.1, -0.05) is 12.1 Å². The van der Waals surface area contributed by atoms with Crippen molar-refractivity contribution in [3.8, 4) is 0 Å². The number of carbonyl (C=O) groups is 1. The first kappa shape index (κ1) is 17.1. The highest BCUT2D eigenvalue weighted by molar-refractivity contribution is 7.89. The summed E-state index contributed by atoms with van der Waals surface area (Å²) in [5.41, 5.74) is 6.51. The molecule has 6 nitrogen and oxygen atoms in total. The fraction of sp³-hybridized carbons (Fsp3) is 0.471. The van der Waals surface area contributed by atoms with Gasteiger partial charge < -0.3 is 10.6 Å². The number of amides is 1. The molecule has 3 N–H and O–H groups in total. The fourth-order valence-corrected chi connectivity index (χ4v) is 4.75. The zero-order valence-corrected chi connectivity index (χ0v) is 14.3. The summed E-state index contributed by atoms with van der Waals surface area (Å²) in [6.45, 7) is 5.01. The van der Waals surface area contributed by atoms with E-state index in [2.05, 4.69) is 11.3 Å². The van der Waals surface area contributed by atoms with Crippen LogP contribution in [0, 0.1) is 11.8 Å². The van der Waals surface area contributed by atoms with Crippen LogP contribution in [0.3, 0.4) is 0 Å². The summed E-state index contributed by atoms with van der Waals surface area (Å²) < 4.78 is 26.8. The van der Waals surface area contributed by atoms with E-state index in [9.17, 15) is 13.2 Å². The van der Waals surface area contributed by atoms with E-state index in [-0.39, 0.29) is 23.4 Å². The number of benzene rings is 1. The van der Waals surface area contributed by atoms with Crippen LogP contribution in [0.5, 0.6) is 0 Å². The molecule has 0 spiro atoms. The molecule has 24 heavy (non-hydrogen) atoms. The van der Waals surface area contributed by atoms with Crippen molar-refractivity contribution in [3.63, 3.8) is 0 Å². The molecule has 2 fully saturated rings. The second kappa shape index (κ2) is 6.66. The highest BCUT2D eigenvalue weighted by Crippen LogP contribution is 2.37. The zero-order chi connectivity index (χ0) is 17.3. The van der Waals surface area contributed by atoms with E-state index in [1.54, 1.807) is 17.0 Å². The van der Waals surface area contributed by atoms with Gasteiger partial charge in [0.25, 0.3) is 5.91 Å². The SMILES string of the molecule is C=CCNS(=O)(=O)c1cccc(C(=O)N2CC3CCC(N)C3C2)c1. The average Bonchev–Trinajstić information content (AvgIpc) is 3.15. The first-order chi connectivity index (χ1) is 11.4. The fourth-order valence-electron chi connectivity index (χ4n) is 3.70. The maximum Gasteiger partial charge on any atom is 0.253 e. The molecule has 0 aromatic heterocycles. The Morgan fingerprint density at radius 1 is 1.38 bits per heavy atom. The Bertz CT molecular complexity index is 747. The van der Waals surface area contributed by atoms with E-state index in [4.69, 9.17) is 5.73 Å². The third-order valence-corrected chi connectivity index (χ3v) is 6.43. The van der Waals surface area contributed by atoms with Gasteiger partial charge in [0, 0.05) is 31.2 Å². The Balaban J connectivity index is 1.77. The van der Waals surface area contributed by atoms with Gasteiger partial charge in [0.2, 0.25) is 10.0 Å². The molecule has 1 saturated carbocycles.